The third-order valence-corrected chi connectivity index (χ3v) is 3.31. The number of hydrogen-bond donors (Lipinski definition) is 2. The zero-order chi connectivity index (χ0) is 11.1. The molecule has 1 rings (SSSR count). The molecule has 1 saturated carbocycles. The van der Waals surface area contributed by atoms with Gasteiger partial charge < -0.3 is 10.6 Å². The third kappa shape index (κ3) is 4.65. The second-order valence-corrected chi connectivity index (χ2v) is 4.65. The largest absolute Gasteiger partial charge is 0.355 e. The van der Waals surface area contributed by atoms with Gasteiger partial charge in [-0.05, 0) is 31.2 Å². The Bertz CT molecular complexity index is 194. The van der Waals surface area contributed by atoms with Crippen molar-refractivity contribution >= 4 is 5.91 Å². The zero-order valence-electron chi connectivity index (χ0n) is 10.0. The average Bonchev–Trinajstić information content (AvgIpc) is 2.61. The van der Waals surface area contributed by atoms with Crippen LogP contribution in [0.15, 0.2) is 0 Å². The Labute approximate surface area is 93.0 Å². The number of hydrogen-bond acceptors (Lipinski definition) is 2. The molecule has 1 aliphatic rings. The van der Waals surface area contributed by atoms with Gasteiger partial charge in [0.1, 0.15) is 0 Å². The van der Waals surface area contributed by atoms with Gasteiger partial charge in [0.05, 0.1) is 6.54 Å². The van der Waals surface area contributed by atoms with E-state index in [9.17, 15) is 4.79 Å². The molecule has 1 amide bonds. The van der Waals surface area contributed by atoms with Crippen LogP contribution in [0, 0.1) is 11.8 Å². The molecule has 0 aromatic rings. The lowest BCUT2D eigenvalue weighted by Gasteiger charge is -2.15. The maximum atomic E-state index is 11.4. The molecule has 2 atom stereocenters. The standard InChI is InChI=1S/C12H24N2O/c1-3-7-13-9-12(15)14-8-11-6-4-5-10(11)2/h10-11,13H,3-9H2,1-2H3,(H,14,15). The first-order valence-electron chi connectivity index (χ1n) is 6.21. The van der Waals surface area contributed by atoms with Gasteiger partial charge in [-0.25, -0.2) is 0 Å². The molecule has 2 N–H and O–H groups in total. The van der Waals surface area contributed by atoms with Crippen LogP contribution in [0.1, 0.15) is 39.5 Å². The van der Waals surface area contributed by atoms with Crippen LogP contribution in [-0.2, 0) is 4.79 Å². The summed E-state index contributed by atoms with van der Waals surface area (Å²) in [5.41, 5.74) is 0. The summed E-state index contributed by atoms with van der Waals surface area (Å²) >= 11 is 0. The fourth-order valence-corrected chi connectivity index (χ4v) is 2.21. The first-order chi connectivity index (χ1) is 7.24. The summed E-state index contributed by atoms with van der Waals surface area (Å²) in [5.74, 6) is 1.64. The quantitative estimate of drug-likeness (QED) is 0.656. The van der Waals surface area contributed by atoms with Gasteiger partial charge >= 0.3 is 0 Å². The molecule has 0 aromatic heterocycles. The molecule has 1 fully saturated rings. The van der Waals surface area contributed by atoms with Crippen molar-refractivity contribution in [1.82, 2.24) is 10.6 Å². The Morgan fingerprint density at radius 3 is 2.80 bits per heavy atom. The van der Waals surface area contributed by atoms with Crippen LogP contribution in [0.4, 0.5) is 0 Å². The van der Waals surface area contributed by atoms with E-state index in [2.05, 4.69) is 24.5 Å². The molecule has 88 valence electrons. The van der Waals surface area contributed by atoms with E-state index in [0.717, 1.165) is 25.4 Å². The van der Waals surface area contributed by atoms with E-state index in [1.54, 1.807) is 0 Å². The van der Waals surface area contributed by atoms with Crippen LogP contribution < -0.4 is 10.6 Å². The smallest absolute Gasteiger partial charge is 0.233 e. The average molecular weight is 212 g/mol. The molecule has 2 unspecified atom stereocenters. The highest BCUT2D eigenvalue weighted by atomic mass is 16.1. The van der Waals surface area contributed by atoms with Crippen molar-refractivity contribution in [3.63, 3.8) is 0 Å². The fraction of sp³-hybridized carbons (Fsp3) is 0.917. The molecule has 0 bridgehead atoms. The Morgan fingerprint density at radius 2 is 2.20 bits per heavy atom. The summed E-state index contributed by atoms with van der Waals surface area (Å²) in [4.78, 5) is 11.4. The van der Waals surface area contributed by atoms with Gasteiger partial charge in [-0.1, -0.05) is 26.7 Å². The third-order valence-electron chi connectivity index (χ3n) is 3.31. The molecule has 15 heavy (non-hydrogen) atoms. The van der Waals surface area contributed by atoms with Gasteiger partial charge in [0.25, 0.3) is 0 Å². The van der Waals surface area contributed by atoms with Crippen molar-refractivity contribution in [2.75, 3.05) is 19.6 Å². The topological polar surface area (TPSA) is 41.1 Å². The predicted molar refractivity (Wildman–Crippen MR) is 62.7 cm³/mol. The van der Waals surface area contributed by atoms with Crippen molar-refractivity contribution in [2.24, 2.45) is 11.8 Å². The second kappa shape index (κ2) is 6.83. The van der Waals surface area contributed by atoms with Gasteiger partial charge in [0.2, 0.25) is 5.91 Å². The molecule has 0 aliphatic heterocycles. The second-order valence-electron chi connectivity index (χ2n) is 4.65. The summed E-state index contributed by atoms with van der Waals surface area (Å²) in [5, 5.41) is 6.12. The van der Waals surface area contributed by atoms with E-state index in [1.807, 2.05) is 0 Å². The van der Waals surface area contributed by atoms with Crippen LogP contribution in [0.3, 0.4) is 0 Å². The summed E-state index contributed by atoms with van der Waals surface area (Å²) in [6.07, 6.45) is 5.02. The maximum absolute atomic E-state index is 11.4. The lowest BCUT2D eigenvalue weighted by atomic mass is 9.98. The Hall–Kier alpha value is -0.570. The van der Waals surface area contributed by atoms with E-state index in [-0.39, 0.29) is 5.91 Å². The molecule has 0 radical (unpaired) electrons. The number of carbonyl (C=O) groups excluding carboxylic acids is 1. The molecule has 0 spiro atoms. The van der Waals surface area contributed by atoms with Crippen LogP contribution in [-0.4, -0.2) is 25.5 Å². The zero-order valence-corrected chi connectivity index (χ0v) is 10.0. The van der Waals surface area contributed by atoms with Crippen LogP contribution >= 0.6 is 0 Å². The van der Waals surface area contributed by atoms with Crippen molar-refractivity contribution in [1.29, 1.82) is 0 Å². The van der Waals surface area contributed by atoms with Crippen LogP contribution in [0.5, 0.6) is 0 Å². The van der Waals surface area contributed by atoms with Gasteiger partial charge in [0, 0.05) is 6.54 Å². The van der Waals surface area contributed by atoms with E-state index in [0.29, 0.717) is 12.5 Å². The highest BCUT2D eigenvalue weighted by Crippen LogP contribution is 2.30. The first kappa shape index (κ1) is 12.5. The highest BCUT2D eigenvalue weighted by molar-refractivity contribution is 5.77. The van der Waals surface area contributed by atoms with Crippen molar-refractivity contribution in [3.8, 4) is 0 Å². The predicted octanol–water partition coefficient (Wildman–Crippen LogP) is 1.54. The lowest BCUT2D eigenvalue weighted by Crippen LogP contribution is -2.37. The fourth-order valence-electron chi connectivity index (χ4n) is 2.21. The Kier molecular flexibility index (Phi) is 5.69. The molecule has 3 nitrogen and oxygen atoms in total. The van der Waals surface area contributed by atoms with Crippen molar-refractivity contribution < 1.29 is 4.79 Å². The lowest BCUT2D eigenvalue weighted by molar-refractivity contribution is -0.120. The normalized spacial score (nSPS) is 25.5. The first-order valence-corrected chi connectivity index (χ1v) is 6.21. The molecular formula is C12H24N2O. The van der Waals surface area contributed by atoms with E-state index in [4.69, 9.17) is 0 Å². The van der Waals surface area contributed by atoms with Crippen molar-refractivity contribution in [2.45, 2.75) is 39.5 Å². The SMILES string of the molecule is CCCNCC(=O)NCC1CCCC1C. The van der Waals surface area contributed by atoms with Gasteiger partial charge in [-0.3, -0.25) is 4.79 Å². The molecule has 1 aliphatic carbocycles. The van der Waals surface area contributed by atoms with Crippen LogP contribution in [0.25, 0.3) is 0 Å². The Balaban J connectivity index is 2.05. The maximum Gasteiger partial charge on any atom is 0.233 e. The van der Waals surface area contributed by atoms with E-state index in [1.165, 1.54) is 19.3 Å². The summed E-state index contributed by atoms with van der Waals surface area (Å²) in [6.45, 7) is 6.65. The number of carbonyl (C=O) groups is 1. The summed E-state index contributed by atoms with van der Waals surface area (Å²) in [7, 11) is 0. The van der Waals surface area contributed by atoms with Gasteiger partial charge in [0.15, 0.2) is 0 Å². The minimum atomic E-state index is 0.141. The number of amides is 1. The summed E-state index contributed by atoms with van der Waals surface area (Å²) in [6, 6.07) is 0. The Morgan fingerprint density at radius 1 is 1.40 bits per heavy atom. The summed E-state index contributed by atoms with van der Waals surface area (Å²) < 4.78 is 0. The molecular weight excluding hydrogens is 188 g/mol. The minimum Gasteiger partial charge on any atom is -0.355 e. The minimum absolute atomic E-state index is 0.141. The number of rotatable bonds is 6. The highest BCUT2D eigenvalue weighted by Gasteiger charge is 2.23. The van der Waals surface area contributed by atoms with Crippen LogP contribution in [0.2, 0.25) is 0 Å². The van der Waals surface area contributed by atoms with Gasteiger partial charge in [-0.2, -0.15) is 0 Å². The molecule has 0 saturated heterocycles. The number of nitrogens with one attached hydrogen (secondary N) is 2. The molecule has 0 heterocycles. The van der Waals surface area contributed by atoms with Gasteiger partial charge in [-0.15, -0.1) is 0 Å². The molecule has 3 heteroatoms. The van der Waals surface area contributed by atoms with E-state index < -0.39 is 0 Å². The van der Waals surface area contributed by atoms with E-state index >= 15 is 0 Å². The van der Waals surface area contributed by atoms with Crippen molar-refractivity contribution in [3.05, 3.63) is 0 Å². The molecule has 0 aromatic carbocycles. The monoisotopic (exact) mass is 212 g/mol.